The summed E-state index contributed by atoms with van der Waals surface area (Å²) in [6.07, 6.45) is 0. The van der Waals surface area contributed by atoms with E-state index >= 15 is 0 Å². The fourth-order valence-electron chi connectivity index (χ4n) is 1.93. The Labute approximate surface area is 136 Å². The van der Waals surface area contributed by atoms with Crippen molar-refractivity contribution in [2.24, 2.45) is 0 Å². The Balaban J connectivity index is 2.15. The van der Waals surface area contributed by atoms with Gasteiger partial charge in [0.15, 0.2) is 0 Å². The van der Waals surface area contributed by atoms with Crippen LogP contribution in [-0.2, 0) is 9.59 Å². The molecule has 0 aliphatic carbocycles. The zero-order chi connectivity index (χ0) is 16.1. The molecule has 2 aromatic carbocycles. The van der Waals surface area contributed by atoms with Gasteiger partial charge in [0, 0.05) is 11.4 Å². The predicted octanol–water partition coefficient (Wildman–Crippen LogP) is 3.58. The van der Waals surface area contributed by atoms with Gasteiger partial charge >= 0.3 is 0 Å². The number of carbonyl (C=O) groups is 2. The summed E-state index contributed by atoms with van der Waals surface area (Å²) in [5.74, 6) is -1.37. The van der Waals surface area contributed by atoms with Crippen LogP contribution in [0.3, 0.4) is 0 Å². The molecule has 2 rings (SSSR count). The van der Waals surface area contributed by atoms with Crippen LogP contribution in [0.1, 0.15) is 6.92 Å². The number of carbonyl (C=O) groups excluding carboxylic acids is 2. The molecule has 0 radical (unpaired) electrons. The Morgan fingerprint density at radius 1 is 1.14 bits per heavy atom. The highest BCUT2D eigenvalue weighted by Gasteiger charge is 2.19. The van der Waals surface area contributed by atoms with Gasteiger partial charge in [-0.3, -0.25) is 9.59 Å². The van der Waals surface area contributed by atoms with Crippen molar-refractivity contribution in [2.45, 2.75) is 6.92 Å². The van der Waals surface area contributed by atoms with Gasteiger partial charge in [-0.2, -0.15) is 0 Å². The average Bonchev–Trinajstić information content (AvgIpc) is 2.48. The van der Waals surface area contributed by atoms with E-state index in [9.17, 15) is 14.0 Å². The number of nitrogens with one attached hydrogen (secondary N) is 1. The lowest BCUT2D eigenvalue weighted by Crippen LogP contribution is -2.37. The highest BCUT2D eigenvalue weighted by atomic mass is 79.9. The van der Waals surface area contributed by atoms with E-state index < -0.39 is 17.6 Å². The summed E-state index contributed by atoms with van der Waals surface area (Å²) in [6, 6.07) is 13.0. The predicted molar refractivity (Wildman–Crippen MR) is 87.2 cm³/mol. The van der Waals surface area contributed by atoms with Crippen molar-refractivity contribution in [1.82, 2.24) is 0 Å². The van der Waals surface area contributed by atoms with Crippen molar-refractivity contribution in [1.29, 1.82) is 0 Å². The van der Waals surface area contributed by atoms with Gasteiger partial charge in [-0.1, -0.05) is 24.3 Å². The number of hydrogen-bond acceptors (Lipinski definition) is 2. The van der Waals surface area contributed by atoms with E-state index in [0.717, 1.165) is 9.37 Å². The Hall–Kier alpha value is -2.21. The summed E-state index contributed by atoms with van der Waals surface area (Å²) in [7, 11) is 0. The van der Waals surface area contributed by atoms with Crippen LogP contribution in [-0.4, -0.2) is 18.4 Å². The second kappa shape index (κ2) is 7.17. The second-order valence-corrected chi connectivity index (χ2v) is 5.44. The van der Waals surface area contributed by atoms with Gasteiger partial charge < -0.3 is 10.2 Å². The molecule has 0 spiro atoms. The van der Waals surface area contributed by atoms with Gasteiger partial charge in [-0.05, 0) is 40.2 Å². The molecule has 0 fully saturated rings. The number of amides is 2. The van der Waals surface area contributed by atoms with Crippen LogP contribution in [0.2, 0.25) is 0 Å². The molecule has 0 aliphatic heterocycles. The monoisotopic (exact) mass is 364 g/mol. The lowest BCUT2D eigenvalue weighted by Gasteiger charge is -2.21. The zero-order valence-electron chi connectivity index (χ0n) is 11.8. The van der Waals surface area contributed by atoms with E-state index in [0.29, 0.717) is 5.69 Å². The Bertz CT molecular complexity index is 706. The molecule has 2 amide bonds. The maximum absolute atomic E-state index is 13.8. The number of anilines is 2. The maximum Gasteiger partial charge on any atom is 0.244 e. The van der Waals surface area contributed by atoms with Gasteiger partial charge in [0.2, 0.25) is 11.8 Å². The Morgan fingerprint density at radius 2 is 1.77 bits per heavy atom. The summed E-state index contributed by atoms with van der Waals surface area (Å²) >= 11 is 3.32. The molecule has 114 valence electrons. The number of nitrogens with zero attached hydrogens (tertiary/aromatic N) is 1. The molecule has 0 saturated heterocycles. The number of hydrogen-bond donors (Lipinski definition) is 1. The van der Waals surface area contributed by atoms with Gasteiger partial charge in [0.05, 0.1) is 11.4 Å². The molecule has 22 heavy (non-hydrogen) atoms. The third kappa shape index (κ3) is 3.92. The zero-order valence-corrected chi connectivity index (χ0v) is 13.4. The minimum absolute atomic E-state index is 0.0808. The molecule has 0 aliphatic rings. The van der Waals surface area contributed by atoms with Crippen molar-refractivity contribution in [3.8, 4) is 0 Å². The van der Waals surface area contributed by atoms with E-state index in [-0.39, 0.29) is 12.2 Å². The molecular weight excluding hydrogens is 351 g/mol. The fourth-order valence-corrected chi connectivity index (χ4v) is 2.32. The molecule has 0 aromatic heterocycles. The summed E-state index contributed by atoms with van der Waals surface area (Å²) in [5, 5.41) is 2.68. The van der Waals surface area contributed by atoms with Gasteiger partial charge in [-0.15, -0.1) is 0 Å². The third-order valence-corrected chi connectivity index (χ3v) is 3.66. The molecule has 0 heterocycles. The van der Waals surface area contributed by atoms with Crippen LogP contribution in [0.4, 0.5) is 15.8 Å². The molecule has 6 heteroatoms. The van der Waals surface area contributed by atoms with Crippen LogP contribution < -0.4 is 10.2 Å². The minimum Gasteiger partial charge on any atom is -0.324 e. The first-order valence-corrected chi connectivity index (χ1v) is 7.35. The average molecular weight is 365 g/mol. The number of para-hydroxylation sites is 2. The first kappa shape index (κ1) is 16.2. The second-order valence-electron chi connectivity index (χ2n) is 4.58. The van der Waals surface area contributed by atoms with E-state index in [2.05, 4.69) is 21.2 Å². The first-order valence-electron chi connectivity index (χ1n) is 6.56. The highest BCUT2D eigenvalue weighted by Crippen LogP contribution is 2.22. The van der Waals surface area contributed by atoms with E-state index in [1.54, 1.807) is 24.3 Å². The first-order chi connectivity index (χ1) is 10.5. The summed E-state index contributed by atoms with van der Waals surface area (Å²) < 4.78 is 14.5. The lowest BCUT2D eigenvalue weighted by atomic mass is 10.2. The van der Waals surface area contributed by atoms with Gasteiger partial charge in [0.25, 0.3) is 0 Å². The summed E-state index contributed by atoms with van der Waals surface area (Å²) in [6.45, 7) is 1.02. The molecule has 0 atom stereocenters. The topological polar surface area (TPSA) is 49.4 Å². The fraction of sp³-hybridized carbons (Fsp3) is 0.125. The largest absolute Gasteiger partial charge is 0.324 e. The van der Waals surface area contributed by atoms with Crippen molar-refractivity contribution in [2.75, 3.05) is 16.8 Å². The minimum atomic E-state index is -0.550. The molecule has 1 N–H and O–H groups in total. The number of benzene rings is 2. The Morgan fingerprint density at radius 3 is 2.41 bits per heavy atom. The third-order valence-electron chi connectivity index (χ3n) is 2.97. The van der Waals surface area contributed by atoms with Gasteiger partial charge in [-0.25, -0.2) is 4.39 Å². The molecular formula is C16H14BrFN2O2. The van der Waals surface area contributed by atoms with Crippen LogP contribution in [0.25, 0.3) is 0 Å². The molecule has 4 nitrogen and oxygen atoms in total. The van der Waals surface area contributed by atoms with Crippen molar-refractivity contribution in [3.05, 3.63) is 58.8 Å². The van der Waals surface area contributed by atoms with E-state index in [1.807, 2.05) is 6.07 Å². The van der Waals surface area contributed by atoms with Crippen LogP contribution in [0.15, 0.2) is 53.0 Å². The van der Waals surface area contributed by atoms with E-state index in [1.165, 1.54) is 25.1 Å². The van der Waals surface area contributed by atoms with Crippen LogP contribution >= 0.6 is 15.9 Å². The quantitative estimate of drug-likeness (QED) is 0.901. The normalized spacial score (nSPS) is 10.1. The highest BCUT2D eigenvalue weighted by molar-refractivity contribution is 9.10. The van der Waals surface area contributed by atoms with Crippen molar-refractivity contribution < 1.29 is 14.0 Å². The van der Waals surface area contributed by atoms with Gasteiger partial charge in [0.1, 0.15) is 12.4 Å². The SMILES string of the molecule is CC(=O)N(CC(=O)Nc1ccccc1Br)c1ccccc1F. The lowest BCUT2D eigenvalue weighted by molar-refractivity contribution is -0.120. The standard InChI is InChI=1S/C16H14BrFN2O2/c1-11(21)20(15-9-5-3-7-13(15)18)10-16(22)19-14-8-4-2-6-12(14)17/h2-9H,10H2,1H3,(H,19,22). The Kier molecular flexibility index (Phi) is 5.27. The smallest absolute Gasteiger partial charge is 0.244 e. The molecule has 0 bridgehead atoms. The summed E-state index contributed by atoms with van der Waals surface area (Å²) in [5.41, 5.74) is 0.668. The van der Waals surface area contributed by atoms with Crippen molar-refractivity contribution >= 4 is 39.1 Å². The van der Waals surface area contributed by atoms with E-state index in [4.69, 9.17) is 0 Å². The number of halogens is 2. The molecule has 0 saturated carbocycles. The maximum atomic E-state index is 13.8. The number of rotatable bonds is 4. The van der Waals surface area contributed by atoms with Crippen molar-refractivity contribution in [3.63, 3.8) is 0 Å². The van der Waals surface area contributed by atoms with Crippen LogP contribution in [0.5, 0.6) is 0 Å². The molecule has 0 unspecified atom stereocenters. The molecule has 2 aromatic rings. The summed E-state index contributed by atoms with van der Waals surface area (Å²) in [4.78, 5) is 24.9. The van der Waals surface area contributed by atoms with Crippen LogP contribution in [0, 0.1) is 5.82 Å².